The number of hydrogen-bond acceptors (Lipinski definition) is 12. The van der Waals surface area contributed by atoms with Gasteiger partial charge in [0.25, 0.3) is 0 Å². The Morgan fingerprint density at radius 2 is 1.47 bits per heavy atom. The molecule has 13 nitrogen and oxygen atoms in total. The number of aliphatic hydroxyl groups excluding tert-OH is 1. The first-order valence-electron chi connectivity index (χ1n) is 19.6. The van der Waals surface area contributed by atoms with Gasteiger partial charge in [0.15, 0.2) is 17.9 Å². The lowest BCUT2D eigenvalue weighted by atomic mass is 9.87. The minimum Gasteiger partial charge on any atom is -0.447 e. The SMILES string of the molecule is COC1OC(CO)C(OCc2ccccc2)C(OCc2ccccc2)C1OCCCC1(O)OC(C(Cc2ccccc2)C(=O)N2C(=O)OCC2C(C)C)C(=O)C=C1Br. The Bertz CT molecular complexity index is 1830. The molecule has 2 fully saturated rings. The highest BCUT2D eigenvalue weighted by atomic mass is 79.9. The number of hydrogen-bond donors (Lipinski definition) is 2. The Balaban J connectivity index is 1.19. The van der Waals surface area contributed by atoms with Gasteiger partial charge in [-0.3, -0.25) is 9.59 Å². The molecule has 3 aromatic carbocycles. The van der Waals surface area contributed by atoms with E-state index in [0.29, 0.717) is 0 Å². The number of ketones is 1. The average Bonchev–Trinajstić information content (AvgIpc) is 3.64. The van der Waals surface area contributed by atoms with Crippen LogP contribution in [0.25, 0.3) is 0 Å². The first kappa shape index (κ1) is 43.7. The Kier molecular flexibility index (Phi) is 15.4. The van der Waals surface area contributed by atoms with Crippen LogP contribution >= 0.6 is 15.9 Å². The summed E-state index contributed by atoms with van der Waals surface area (Å²) in [6.07, 6.45) is -4.77. The molecule has 0 radical (unpaired) electrons. The quantitative estimate of drug-likeness (QED) is 0.155. The van der Waals surface area contributed by atoms with E-state index in [1.54, 1.807) is 0 Å². The average molecular weight is 867 g/mol. The van der Waals surface area contributed by atoms with E-state index in [-0.39, 0.29) is 62.7 Å². The maximum Gasteiger partial charge on any atom is 0.416 e. The van der Waals surface area contributed by atoms with E-state index in [1.165, 1.54) is 13.2 Å². The van der Waals surface area contributed by atoms with Crippen molar-refractivity contribution >= 4 is 33.7 Å². The molecule has 3 heterocycles. The Morgan fingerprint density at radius 3 is 2.03 bits per heavy atom. The zero-order valence-electron chi connectivity index (χ0n) is 32.9. The summed E-state index contributed by atoms with van der Waals surface area (Å²) in [5, 5.41) is 22.4. The van der Waals surface area contributed by atoms with Crippen LogP contribution in [0.3, 0.4) is 0 Å². The molecule has 2 amide bonds. The van der Waals surface area contributed by atoms with Crippen LogP contribution in [0.1, 0.15) is 43.4 Å². The topological polar surface area (TPSA) is 160 Å². The van der Waals surface area contributed by atoms with Gasteiger partial charge in [-0.2, -0.15) is 0 Å². The van der Waals surface area contributed by atoms with E-state index in [4.69, 9.17) is 33.2 Å². The molecule has 2 N–H and O–H groups in total. The smallest absolute Gasteiger partial charge is 0.416 e. The third kappa shape index (κ3) is 10.5. The number of rotatable bonds is 18. The van der Waals surface area contributed by atoms with Crippen molar-refractivity contribution in [1.82, 2.24) is 4.90 Å². The van der Waals surface area contributed by atoms with Gasteiger partial charge >= 0.3 is 6.09 Å². The normalized spacial score (nSPS) is 28.0. The second-order valence-electron chi connectivity index (χ2n) is 15.0. The van der Waals surface area contributed by atoms with Gasteiger partial charge < -0.3 is 43.4 Å². The molecule has 9 unspecified atom stereocenters. The minimum absolute atomic E-state index is 0.0455. The van der Waals surface area contributed by atoms with Crippen LogP contribution < -0.4 is 0 Å². The van der Waals surface area contributed by atoms with E-state index >= 15 is 0 Å². The molecule has 0 spiro atoms. The molecule has 2 saturated heterocycles. The summed E-state index contributed by atoms with van der Waals surface area (Å²) >= 11 is 3.35. The summed E-state index contributed by atoms with van der Waals surface area (Å²) < 4.78 is 42.8. The molecule has 3 aliphatic heterocycles. The lowest BCUT2D eigenvalue weighted by Gasteiger charge is -2.45. The number of halogens is 1. The van der Waals surface area contributed by atoms with Crippen LogP contribution in [-0.2, 0) is 62.4 Å². The number of carbonyl (C=O) groups excluding carboxylic acids is 3. The lowest BCUT2D eigenvalue weighted by molar-refractivity contribution is -0.320. The predicted octanol–water partition coefficient (Wildman–Crippen LogP) is 5.48. The summed E-state index contributed by atoms with van der Waals surface area (Å²) in [6.45, 7) is 3.98. The number of cyclic esters (lactones) is 1. The first-order valence-corrected chi connectivity index (χ1v) is 20.4. The molecule has 3 aromatic rings. The number of imide groups is 1. The molecule has 3 aliphatic rings. The van der Waals surface area contributed by atoms with Gasteiger partial charge in [-0.05, 0) is 57.5 Å². The van der Waals surface area contributed by atoms with Crippen LogP contribution in [-0.4, -0.2) is 108 Å². The van der Waals surface area contributed by atoms with E-state index < -0.39 is 72.3 Å². The minimum atomic E-state index is -2.02. The van der Waals surface area contributed by atoms with E-state index in [1.807, 2.05) is 105 Å². The maximum atomic E-state index is 14.3. The second-order valence-corrected chi connectivity index (χ2v) is 15.9. The summed E-state index contributed by atoms with van der Waals surface area (Å²) in [7, 11) is 1.48. The van der Waals surface area contributed by atoms with Gasteiger partial charge in [0.05, 0.1) is 36.3 Å². The van der Waals surface area contributed by atoms with Crippen LogP contribution in [0.4, 0.5) is 4.79 Å². The molecule has 9 atom stereocenters. The van der Waals surface area contributed by atoms with Crippen molar-refractivity contribution in [2.45, 2.75) is 95.0 Å². The summed E-state index contributed by atoms with van der Waals surface area (Å²) in [6, 6.07) is 27.9. The van der Waals surface area contributed by atoms with E-state index in [9.17, 15) is 24.6 Å². The summed E-state index contributed by atoms with van der Waals surface area (Å²) in [5.41, 5.74) is 2.60. The van der Waals surface area contributed by atoms with Gasteiger partial charge in [0.1, 0.15) is 37.1 Å². The number of amides is 2. The highest BCUT2D eigenvalue weighted by Crippen LogP contribution is 2.38. The van der Waals surface area contributed by atoms with E-state index in [0.717, 1.165) is 21.6 Å². The van der Waals surface area contributed by atoms with Crippen molar-refractivity contribution < 1.29 is 57.8 Å². The number of carbonyl (C=O) groups is 3. The van der Waals surface area contributed by atoms with Crippen LogP contribution in [0.5, 0.6) is 0 Å². The third-order valence-corrected chi connectivity index (χ3v) is 11.5. The van der Waals surface area contributed by atoms with Crippen molar-refractivity contribution in [3.05, 3.63) is 118 Å². The number of methoxy groups -OCH3 is 1. The fourth-order valence-corrected chi connectivity index (χ4v) is 8.02. The van der Waals surface area contributed by atoms with Crippen molar-refractivity contribution in [3.63, 3.8) is 0 Å². The molecule has 312 valence electrons. The zero-order valence-corrected chi connectivity index (χ0v) is 34.5. The van der Waals surface area contributed by atoms with Crippen LogP contribution in [0, 0.1) is 11.8 Å². The fraction of sp³-hybridized carbons (Fsp3) is 0.477. The molecule has 6 rings (SSSR count). The highest BCUT2D eigenvalue weighted by molar-refractivity contribution is 9.11. The maximum absolute atomic E-state index is 14.3. The molecular weight excluding hydrogens is 814 g/mol. The van der Waals surface area contributed by atoms with Gasteiger partial charge in [-0.1, -0.05) is 105 Å². The zero-order chi connectivity index (χ0) is 41.2. The Morgan fingerprint density at radius 1 is 0.879 bits per heavy atom. The van der Waals surface area contributed by atoms with Gasteiger partial charge in [0.2, 0.25) is 5.91 Å². The first-order chi connectivity index (χ1) is 28.0. The van der Waals surface area contributed by atoms with Crippen LogP contribution in [0.2, 0.25) is 0 Å². The number of nitrogens with zero attached hydrogens (tertiary/aromatic N) is 1. The highest BCUT2D eigenvalue weighted by Gasteiger charge is 2.51. The molecule has 0 bridgehead atoms. The largest absolute Gasteiger partial charge is 0.447 e. The monoisotopic (exact) mass is 865 g/mol. The number of aliphatic hydroxyl groups is 2. The van der Waals surface area contributed by atoms with Crippen molar-refractivity contribution in [3.8, 4) is 0 Å². The number of benzene rings is 3. The molecular formula is C44H52BrNO12. The van der Waals surface area contributed by atoms with E-state index in [2.05, 4.69) is 15.9 Å². The second kappa shape index (κ2) is 20.4. The lowest BCUT2D eigenvalue weighted by Crippen LogP contribution is -2.61. The Hall–Kier alpha value is -3.83. The standard InChI is InChI=1S/C44H52BrNO12/c1-28(2)33-27-56-43(50)46(33)41(49)32(22-29-14-7-4-8-15-29)37-34(48)23-36(45)44(51,58-37)20-13-21-53-40-39(55-26-31-18-11-6-12-19-31)38(35(24-47)57-42(40)52-3)54-25-30-16-9-5-10-17-30/h4-12,14-19,23,28,32-33,35,37-40,42,47,51H,13,20-22,24-27H2,1-3H3. The fourth-order valence-electron chi connectivity index (χ4n) is 7.50. The summed E-state index contributed by atoms with van der Waals surface area (Å²) in [4.78, 5) is 41.9. The van der Waals surface area contributed by atoms with Crippen molar-refractivity contribution in [1.29, 1.82) is 0 Å². The predicted molar refractivity (Wildman–Crippen MR) is 214 cm³/mol. The third-order valence-electron chi connectivity index (χ3n) is 10.7. The van der Waals surface area contributed by atoms with Crippen molar-refractivity contribution in [2.75, 3.05) is 26.9 Å². The Labute approximate surface area is 347 Å². The number of ether oxygens (including phenoxy) is 7. The molecule has 58 heavy (non-hydrogen) atoms. The van der Waals surface area contributed by atoms with Crippen molar-refractivity contribution in [2.24, 2.45) is 11.8 Å². The van der Waals surface area contributed by atoms with Gasteiger partial charge in [-0.25, -0.2) is 9.69 Å². The van der Waals surface area contributed by atoms with Crippen LogP contribution in [0.15, 0.2) is 102 Å². The molecule has 14 heteroatoms. The van der Waals surface area contributed by atoms with Gasteiger partial charge in [-0.15, -0.1) is 0 Å². The summed E-state index contributed by atoms with van der Waals surface area (Å²) in [5.74, 6) is -4.42. The molecule has 0 aromatic heterocycles. The van der Waals surface area contributed by atoms with Gasteiger partial charge in [0, 0.05) is 20.1 Å². The molecule has 0 saturated carbocycles. The molecule has 0 aliphatic carbocycles.